The Kier molecular flexibility index (Phi) is 7.22. The second kappa shape index (κ2) is 8.22. The molecule has 0 unspecified atom stereocenters. The standard InChI is InChI=1S/C15H22ClNO3S2/c1-10(2)9-21-6-5-15(18)17-13-8-14(22(16,19)20)12(4)7-11(13)3/h7-8,10H,5-6,9H2,1-4H3,(H,17,18). The van der Waals surface area contributed by atoms with Gasteiger partial charge in [-0.05, 0) is 42.7 Å². The number of aryl methyl sites for hydroxylation is 2. The molecule has 0 aliphatic carbocycles. The van der Waals surface area contributed by atoms with Gasteiger partial charge >= 0.3 is 0 Å². The number of anilines is 1. The van der Waals surface area contributed by atoms with Crippen molar-refractivity contribution in [2.24, 2.45) is 5.92 Å². The molecule has 1 aromatic carbocycles. The summed E-state index contributed by atoms with van der Waals surface area (Å²) in [5, 5.41) is 2.76. The second-order valence-electron chi connectivity index (χ2n) is 5.64. The fourth-order valence-corrected chi connectivity index (χ4v) is 4.10. The molecule has 0 aliphatic heterocycles. The van der Waals surface area contributed by atoms with Gasteiger partial charge in [-0.2, -0.15) is 11.8 Å². The van der Waals surface area contributed by atoms with E-state index in [1.54, 1.807) is 24.8 Å². The average molecular weight is 364 g/mol. The van der Waals surface area contributed by atoms with Crippen LogP contribution in [0.3, 0.4) is 0 Å². The number of benzene rings is 1. The number of carbonyl (C=O) groups is 1. The average Bonchev–Trinajstić information content (AvgIpc) is 2.36. The zero-order chi connectivity index (χ0) is 16.9. The topological polar surface area (TPSA) is 63.2 Å². The highest BCUT2D eigenvalue weighted by molar-refractivity contribution is 8.13. The molecule has 0 aromatic heterocycles. The SMILES string of the molecule is Cc1cc(C)c(S(=O)(=O)Cl)cc1NC(=O)CCSCC(C)C. The van der Waals surface area contributed by atoms with E-state index >= 15 is 0 Å². The minimum atomic E-state index is -3.82. The molecule has 1 N–H and O–H groups in total. The second-order valence-corrected chi connectivity index (χ2v) is 9.32. The summed E-state index contributed by atoms with van der Waals surface area (Å²) < 4.78 is 23.1. The molecule has 0 saturated heterocycles. The molecule has 0 atom stereocenters. The van der Waals surface area contributed by atoms with Crippen molar-refractivity contribution in [3.05, 3.63) is 23.3 Å². The Morgan fingerprint density at radius 3 is 2.45 bits per heavy atom. The van der Waals surface area contributed by atoms with Crippen LogP contribution in [0.25, 0.3) is 0 Å². The molecule has 7 heteroatoms. The third-order valence-corrected chi connectivity index (χ3v) is 5.84. The molecule has 0 fully saturated rings. The summed E-state index contributed by atoms with van der Waals surface area (Å²) in [6, 6.07) is 3.13. The lowest BCUT2D eigenvalue weighted by molar-refractivity contribution is -0.115. The number of hydrogen-bond donors (Lipinski definition) is 1. The van der Waals surface area contributed by atoms with Gasteiger partial charge in [0.1, 0.15) is 0 Å². The van der Waals surface area contributed by atoms with E-state index in [1.165, 1.54) is 6.07 Å². The Balaban J connectivity index is 2.75. The van der Waals surface area contributed by atoms with E-state index in [0.29, 0.717) is 23.6 Å². The Bertz CT molecular complexity index is 642. The molecule has 4 nitrogen and oxygen atoms in total. The Labute approximate surface area is 141 Å². The maximum Gasteiger partial charge on any atom is 0.261 e. The Morgan fingerprint density at radius 2 is 1.91 bits per heavy atom. The van der Waals surface area contributed by atoms with E-state index in [1.807, 2.05) is 6.92 Å². The maximum atomic E-state index is 11.9. The maximum absolute atomic E-state index is 11.9. The van der Waals surface area contributed by atoms with Crippen molar-refractivity contribution in [1.29, 1.82) is 0 Å². The molecule has 124 valence electrons. The number of halogens is 1. The van der Waals surface area contributed by atoms with Crippen LogP contribution in [-0.2, 0) is 13.8 Å². The van der Waals surface area contributed by atoms with Crippen molar-refractivity contribution in [2.75, 3.05) is 16.8 Å². The summed E-state index contributed by atoms with van der Waals surface area (Å²) in [5.74, 6) is 2.24. The smallest absolute Gasteiger partial charge is 0.261 e. The van der Waals surface area contributed by atoms with E-state index in [0.717, 1.165) is 17.1 Å². The zero-order valence-electron chi connectivity index (χ0n) is 13.3. The molecule has 1 rings (SSSR count). The molecule has 0 radical (unpaired) electrons. The molecule has 1 aromatic rings. The van der Waals surface area contributed by atoms with E-state index in [-0.39, 0.29) is 10.8 Å². The predicted octanol–water partition coefficient (Wildman–Crippen LogP) is 3.95. The molecule has 1 amide bonds. The molecule has 0 saturated carbocycles. The van der Waals surface area contributed by atoms with Crippen LogP contribution in [0.2, 0.25) is 0 Å². The van der Waals surface area contributed by atoms with Gasteiger partial charge in [0.25, 0.3) is 9.05 Å². The third kappa shape index (κ3) is 6.18. The third-order valence-electron chi connectivity index (χ3n) is 2.98. The van der Waals surface area contributed by atoms with Crippen LogP contribution >= 0.6 is 22.4 Å². The summed E-state index contributed by atoms with van der Waals surface area (Å²) in [5.41, 5.74) is 1.87. The Hall–Kier alpha value is -0.720. The molecule has 0 bridgehead atoms. The summed E-state index contributed by atoms with van der Waals surface area (Å²) in [7, 11) is 1.59. The summed E-state index contributed by atoms with van der Waals surface area (Å²) in [4.78, 5) is 12.0. The summed E-state index contributed by atoms with van der Waals surface area (Å²) >= 11 is 1.74. The van der Waals surface area contributed by atoms with Gasteiger partial charge in [0.15, 0.2) is 0 Å². The highest BCUT2D eigenvalue weighted by Gasteiger charge is 2.16. The zero-order valence-corrected chi connectivity index (χ0v) is 15.7. The summed E-state index contributed by atoms with van der Waals surface area (Å²) in [6.07, 6.45) is 0.396. The highest BCUT2D eigenvalue weighted by atomic mass is 35.7. The van der Waals surface area contributed by atoms with Gasteiger partial charge < -0.3 is 5.32 Å². The van der Waals surface area contributed by atoms with Gasteiger partial charge in [0, 0.05) is 28.5 Å². The lowest BCUT2D eigenvalue weighted by Gasteiger charge is -2.12. The number of thioether (sulfide) groups is 1. The normalized spacial score (nSPS) is 11.7. The van der Waals surface area contributed by atoms with Crippen LogP contribution in [0.5, 0.6) is 0 Å². The van der Waals surface area contributed by atoms with Gasteiger partial charge in [0.05, 0.1) is 4.90 Å². The predicted molar refractivity (Wildman–Crippen MR) is 94.4 cm³/mol. The van der Waals surface area contributed by atoms with E-state index in [2.05, 4.69) is 19.2 Å². The quantitative estimate of drug-likeness (QED) is 0.588. The van der Waals surface area contributed by atoms with Crippen LogP contribution in [0.15, 0.2) is 17.0 Å². The minimum absolute atomic E-state index is 0.0317. The highest BCUT2D eigenvalue weighted by Crippen LogP contribution is 2.26. The van der Waals surface area contributed by atoms with Crippen molar-refractivity contribution in [2.45, 2.75) is 39.0 Å². The van der Waals surface area contributed by atoms with Gasteiger partial charge in [-0.25, -0.2) is 8.42 Å². The van der Waals surface area contributed by atoms with Crippen LogP contribution in [0, 0.1) is 19.8 Å². The molecular weight excluding hydrogens is 342 g/mol. The first kappa shape index (κ1) is 19.3. The number of nitrogens with one attached hydrogen (secondary N) is 1. The lowest BCUT2D eigenvalue weighted by Crippen LogP contribution is -2.14. The van der Waals surface area contributed by atoms with Gasteiger partial charge in [-0.3, -0.25) is 4.79 Å². The molecule has 0 heterocycles. The van der Waals surface area contributed by atoms with E-state index < -0.39 is 9.05 Å². The van der Waals surface area contributed by atoms with Crippen molar-refractivity contribution in [1.82, 2.24) is 0 Å². The fraction of sp³-hybridized carbons (Fsp3) is 0.533. The first-order valence-corrected chi connectivity index (χ1v) is 10.5. The first-order chi connectivity index (χ1) is 10.1. The molecular formula is C15H22ClNO3S2. The van der Waals surface area contributed by atoms with Gasteiger partial charge in [-0.15, -0.1) is 0 Å². The van der Waals surface area contributed by atoms with Crippen LogP contribution in [0.4, 0.5) is 5.69 Å². The molecule has 22 heavy (non-hydrogen) atoms. The van der Waals surface area contributed by atoms with Crippen molar-refractivity contribution >= 4 is 43.1 Å². The van der Waals surface area contributed by atoms with Crippen molar-refractivity contribution < 1.29 is 13.2 Å². The van der Waals surface area contributed by atoms with E-state index in [4.69, 9.17) is 10.7 Å². The Morgan fingerprint density at radius 1 is 1.27 bits per heavy atom. The number of amides is 1. The number of hydrogen-bond acceptors (Lipinski definition) is 4. The monoisotopic (exact) mass is 363 g/mol. The molecule has 0 aliphatic rings. The van der Waals surface area contributed by atoms with Gasteiger partial charge in [0.2, 0.25) is 5.91 Å². The van der Waals surface area contributed by atoms with Crippen LogP contribution < -0.4 is 5.32 Å². The summed E-state index contributed by atoms with van der Waals surface area (Å²) in [6.45, 7) is 7.77. The lowest BCUT2D eigenvalue weighted by atomic mass is 10.1. The van der Waals surface area contributed by atoms with E-state index in [9.17, 15) is 13.2 Å². The number of carbonyl (C=O) groups excluding carboxylic acids is 1. The van der Waals surface area contributed by atoms with Crippen LogP contribution in [0.1, 0.15) is 31.4 Å². The van der Waals surface area contributed by atoms with Crippen molar-refractivity contribution in [3.63, 3.8) is 0 Å². The first-order valence-electron chi connectivity index (χ1n) is 7.04. The largest absolute Gasteiger partial charge is 0.326 e. The fourth-order valence-electron chi connectivity index (χ4n) is 1.93. The van der Waals surface area contributed by atoms with Gasteiger partial charge in [-0.1, -0.05) is 19.9 Å². The minimum Gasteiger partial charge on any atom is -0.326 e. The molecule has 0 spiro atoms. The van der Waals surface area contributed by atoms with Crippen LogP contribution in [-0.4, -0.2) is 25.8 Å². The van der Waals surface area contributed by atoms with Crippen molar-refractivity contribution in [3.8, 4) is 0 Å². The number of rotatable bonds is 7.